The van der Waals surface area contributed by atoms with Crippen molar-refractivity contribution in [2.75, 3.05) is 13.1 Å². The molecule has 2 unspecified atom stereocenters. The van der Waals surface area contributed by atoms with Crippen molar-refractivity contribution in [1.82, 2.24) is 16.0 Å². The molecule has 2 aliphatic rings. The first-order chi connectivity index (χ1) is 8.83. The molecular formula is C14H19N3O. The van der Waals surface area contributed by atoms with Gasteiger partial charge in [0, 0.05) is 31.6 Å². The van der Waals surface area contributed by atoms with E-state index >= 15 is 0 Å². The first kappa shape index (κ1) is 11.7. The van der Waals surface area contributed by atoms with Gasteiger partial charge in [0.2, 0.25) is 5.91 Å². The van der Waals surface area contributed by atoms with Crippen molar-refractivity contribution >= 4 is 5.91 Å². The number of benzene rings is 1. The predicted octanol–water partition coefficient (Wildman–Crippen LogP) is 0.699. The van der Waals surface area contributed by atoms with Crippen molar-refractivity contribution < 1.29 is 4.79 Å². The maximum Gasteiger partial charge on any atom is 0.221 e. The van der Waals surface area contributed by atoms with Gasteiger partial charge < -0.3 is 16.0 Å². The Morgan fingerprint density at radius 1 is 1.28 bits per heavy atom. The summed E-state index contributed by atoms with van der Waals surface area (Å²) in [6.45, 7) is 2.71. The third-order valence-electron chi connectivity index (χ3n) is 3.77. The van der Waals surface area contributed by atoms with Crippen molar-refractivity contribution in [3.8, 4) is 0 Å². The highest BCUT2D eigenvalue weighted by atomic mass is 16.1. The van der Waals surface area contributed by atoms with Crippen LogP contribution in [0.4, 0.5) is 0 Å². The average molecular weight is 245 g/mol. The van der Waals surface area contributed by atoms with E-state index < -0.39 is 0 Å². The van der Waals surface area contributed by atoms with Crippen molar-refractivity contribution in [3.05, 3.63) is 35.4 Å². The van der Waals surface area contributed by atoms with Crippen LogP contribution in [0.25, 0.3) is 0 Å². The highest BCUT2D eigenvalue weighted by molar-refractivity contribution is 5.78. The number of fused-ring (bicyclic) bond motifs is 1. The Hall–Kier alpha value is -1.39. The van der Waals surface area contributed by atoms with Crippen molar-refractivity contribution in [2.45, 2.75) is 31.5 Å². The Balaban J connectivity index is 1.77. The van der Waals surface area contributed by atoms with E-state index in [0.29, 0.717) is 12.5 Å². The zero-order valence-corrected chi connectivity index (χ0v) is 10.4. The minimum atomic E-state index is 0.160. The predicted molar refractivity (Wildman–Crippen MR) is 70.1 cm³/mol. The van der Waals surface area contributed by atoms with Gasteiger partial charge in [-0.3, -0.25) is 4.79 Å². The first-order valence-electron chi connectivity index (χ1n) is 6.64. The monoisotopic (exact) mass is 245 g/mol. The summed E-state index contributed by atoms with van der Waals surface area (Å²) < 4.78 is 0. The van der Waals surface area contributed by atoms with Crippen LogP contribution < -0.4 is 16.0 Å². The molecule has 1 fully saturated rings. The van der Waals surface area contributed by atoms with E-state index in [4.69, 9.17) is 0 Å². The molecule has 0 spiro atoms. The summed E-state index contributed by atoms with van der Waals surface area (Å²) in [6, 6.07) is 9.19. The van der Waals surface area contributed by atoms with Crippen LogP contribution in [-0.4, -0.2) is 25.0 Å². The highest BCUT2D eigenvalue weighted by Gasteiger charge is 2.26. The summed E-state index contributed by atoms with van der Waals surface area (Å²) in [4.78, 5) is 11.2. The molecule has 3 rings (SSSR count). The van der Waals surface area contributed by atoms with E-state index in [-0.39, 0.29) is 11.9 Å². The van der Waals surface area contributed by atoms with Gasteiger partial charge in [-0.2, -0.15) is 0 Å². The van der Waals surface area contributed by atoms with Crippen LogP contribution in [0.5, 0.6) is 0 Å². The molecule has 0 aromatic heterocycles. The van der Waals surface area contributed by atoms with Crippen LogP contribution in [-0.2, 0) is 11.3 Å². The lowest BCUT2D eigenvalue weighted by atomic mass is 9.98. The topological polar surface area (TPSA) is 53.2 Å². The second-order valence-electron chi connectivity index (χ2n) is 5.09. The standard InChI is InChI=1S/C14H19N3O/c18-14-7-11(9-16-14)17-13-5-6-15-8-10-3-1-2-4-12(10)13/h1-4,11,13,15,17H,5-9H2,(H,16,18). The largest absolute Gasteiger partial charge is 0.354 e. The Bertz CT molecular complexity index is 446. The van der Waals surface area contributed by atoms with Gasteiger partial charge in [0.1, 0.15) is 0 Å². The minimum Gasteiger partial charge on any atom is -0.354 e. The molecule has 18 heavy (non-hydrogen) atoms. The summed E-state index contributed by atoms with van der Waals surface area (Å²) in [5.74, 6) is 0.160. The third-order valence-corrected chi connectivity index (χ3v) is 3.77. The molecule has 1 amide bonds. The Morgan fingerprint density at radius 3 is 3.00 bits per heavy atom. The molecule has 0 radical (unpaired) electrons. The molecule has 3 N–H and O–H groups in total. The van der Waals surface area contributed by atoms with E-state index in [9.17, 15) is 4.79 Å². The van der Waals surface area contributed by atoms with E-state index in [2.05, 4.69) is 40.2 Å². The van der Waals surface area contributed by atoms with Gasteiger partial charge in [0.15, 0.2) is 0 Å². The Kier molecular flexibility index (Phi) is 3.30. The van der Waals surface area contributed by atoms with Crippen LogP contribution in [0, 0.1) is 0 Å². The number of hydrogen-bond acceptors (Lipinski definition) is 3. The van der Waals surface area contributed by atoms with E-state index in [0.717, 1.165) is 26.1 Å². The van der Waals surface area contributed by atoms with Crippen molar-refractivity contribution in [3.63, 3.8) is 0 Å². The number of carbonyl (C=O) groups is 1. The maximum atomic E-state index is 11.2. The zero-order valence-electron chi connectivity index (χ0n) is 10.4. The fraction of sp³-hybridized carbons (Fsp3) is 0.500. The number of hydrogen-bond donors (Lipinski definition) is 3. The maximum absolute atomic E-state index is 11.2. The van der Waals surface area contributed by atoms with Gasteiger partial charge in [-0.05, 0) is 24.1 Å². The van der Waals surface area contributed by atoms with E-state index in [1.54, 1.807) is 0 Å². The molecule has 4 nitrogen and oxygen atoms in total. The van der Waals surface area contributed by atoms with Gasteiger partial charge in [-0.25, -0.2) is 0 Å². The fourth-order valence-corrected chi connectivity index (χ4v) is 2.84. The smallest absolute Gasteiger partial charge is 0.221 e. The highest BCUT2D eigenvalue weighted by Crippen LogP contribution is 2.24. The van der Waals surface area contributed by atoms with Gasteiger partial charge in [-0.15, -0.1) is 0 Å². The summed E-state index contributed by atoms with van der Waals surface area (Å²) in [5.41, 5.74) is 2.74. The molecule has 2 aliphatic heterocycles. The van der Waals surface area contributed by atoms with Gasteiger partial charge in [0.25, 0.3) is 0 Å². The second-order valence-corrected chi connectivity index (χ2v) is 5.09. The first-order valence-corrected chi connectivity index (χ1v) is 6.64. The summed E-state index contributed by atoms with van der Waals surface area (Å²) >= 11 is 0. The molecule has 2 atom stereocenters. The summed E-state index contributed by atoms with van der Waals surface area (Å²) in [5, 5.41) is 9.95. The lowest BCUT2D eigenvalue weighted by molar-refractivity contribution is -0.119. The van der Waals surface area contributed by atoms with E-state index in [1.165, 1.54) is 11.1 Å². The fourth-order valence-electron chi connectivity index (χ4n) is 2.84. The van der Waals surface area contributed by atoms with Crippen LogP contribution in [0.1, 0.15) is 30.0 Å². The van der Waals surface area contributed by atoms with Crippen molar-refractivity contribution in [2.24, 2.45) is 0 Å². The third kappa shape index (κ3) is 2.40. The molecule has 1 saturated heterocycles. The quantitative estimate of drug-likeness (QED) is 0.719. The normalized spacial score (nSPS) is 27.4. The molecule has 0 aliphatic carbocycles. The number of amides is 1. The average Bonchev–Trinajstić information content (AvgIpc) is 2.68. The molecular weight excluding hydrogens is 226 g/mol. The van der Waals surface area contributed by atoms with Crippen molar-refractivity contribution in [1.29, 1.82) is 0 Å². The van der Waals surface area contributed by atoms with Crippen LogP contribution in [0.15, 0.2) is 24.3 Å². The Morgan fingerprint density at radius 2 is 2.17 bits per heavy atom. The second kappa shape index (κ2) is 5.08. The minimum absolute atomic E-state index is 0.160. The molecule has 1 aromatic rings. The van der Waals surface area contributed by atoms with Crippen LogP contribution in [0.3, 0.4) is 0 Å². The van der Waals surface area contributed by atoms with Gasteiger partial charge in [-0.1, -0.05) is 24.3 Å². The molecule has 0 saturated carbocycles. The Labute approximate surface area is 107 Å². The van der Waals surface area contributed by atoms with Gasteiger partial charge >= 0.3 is 0 Å². The summed E-state index contributed by atoms with van der Waals surface area (Å²) in [7, 11) is 0. The summed E-state index contributed by atoms with van der Waals surface area (Å²) in [6.07, 6.45) is 1.67. The zero-order chi connectivity index (χ0) is 12.4. The lowest BCUT2D eigenvalue weighted by Gasteiger charge is -2.22. The van der Waals surface area contributed by atoms with Crippen LogP contribution in [0.2, 0.25) is 0 Å². The number of nitrogens with one attached hydrogen (secondary N) is 3. The number of carbonyl (C=O) groups excluding carboxylic acids is 1. The van der Waals surface area contributed by atoms with Gasteiger partial charge in [0.05, 0.1) is 0 Å². The molecule has 96 valence electrons. The molecule has 2 heterocycles. The molecule has 1 aromatic carbocycles. The SMILES string of the molecule is O=C1CC(NC2CCNCc3ccccc32)CN1. The van der Waals surface area contributed by atoms with Crippen LogP contribution >= 0.6 is 0 Å². The molecule has 4 heteroatoms. The molecule has 0 bridgehead atoms. The van der Waals surface area contributed by atoms with E-state index in [1.807, 2.05) is 0 Å². The number of rotatable bonds is 2. The lowest BCUT2D eigenvalue weighted by Crippen LogP contribution is -2.35.